The first-order chi connectivity index (χ1) is 11.6. The Balaban J connectivity index is 1.52. The van der Waals surface area contributed by atoms with Gasteiger partial charge in [-0.15, -0.1) is 0 Å². The second-order valence-electron chi connectivity index (χ2n) is 6.37. The maximum atomic E-state index is 12.5. The number of hydrogen-bond donors (Lipinski definition) is 1. The Hall–Kier alpha value is -1.68. The first-order valence-electron chi connectivity index (χ1n) is 8.38. The smallest absolute Gasteiger partial charge is 0.166 e. The summed E-state index contributed by atoms with van der Waals surface area (Å²) in [5.74, 6) is 0.338. The molecular weight excluding hydrogens is 322 g/mol. The predicted molar refractivity (Wildman–Crippen MR) is 96.3 cm³/mol. The normalized spacial score (nSPS) is 17.6. The number of piperidine rings is 1. The molecule has 1 atom stereocenters. The van der Waals surface area contributed by atoms with Gasteiger partial charge < -0.3 is 10.0 Å². The van der Waals surface area contributed by atoms with E-state index in [1.807, 2.05) is 42.5 Å². The minimum Gasteiger partial charge on any atom is -0.387 e. The lowest BCUT2D eigenvalue weighted by Gasteiger charge is -2.32. The van der Waals surface area contributed by atoms with Crippen molar-refractivity contribution in [2.45, 2.75) is 18.9 Å². The fraction of sp³-hybridized carbons (Fsp3) is 0.350. The van der Waals surface area contributed by atoms with Crippen LogP contribution in [0.25, 0.3) is 0 Å². The molecule has 0 saturated carbocycles. The van der Waals surface area contributed by atoms with Gasteiger partial charge in [-0.25, -0.2) is 0 Å². The number of carbonyl (C=O) groups is 1. The van der Waals surface area contributed by atoms with E-state index in [-0.39, 0.29) is 11.7 Å². The van der Waals surface area contributed by atoms with Crippen molar-refractivity contribution in [2.24, 2.45) is 5.92 Å². The molecule has 1 fully saturated rings. The Morgan fingerprint density at radius 1 is 1.08 bits per heavy atom. The number of β-amino-alcohol motifs (C(OH)–C–C–N with tert-alkyl or cyclic N) is 1. The van der Waals surface area contributed by atoms with Gasteiger partial charge in [0.2, 0.25) is 0 Å². The number of carbonyl (C=O) groups excluding carboxylic acids is 1. The van der Waals surface area contributed by atoms with Crippen molar-refractivity contribution in [2.75, 3.05) is 19.6 Å². The van der Waals surface area contributed by atoms with Gasteiger partial charge in [0.1, 0.15) is 0 Å². The highest BCUT2D eigenvalue weighted by molar-refractivity contribution is 6.30. The molecule has 4 heteroatoms. The quantitative estimate of drug-likeness (QED) is 0.835. The number of ketones is 1. The van der Waals surface area contributed by atoms with Crippen LogP contribution in [0.4, 0.5) is 0 Å². The SMILES string of the molecule is O=C(c1ccccc1)C1CCN(CC(O)c2ccc(Cl)cc2)CC1. The summed E-state index contributed by atoms with van der Waals surface area (Å²) in [5, 5.41) is 11.0. The van der Waals surface area contributed by atoms with Gasteiger partial charge >= 0.3 is 0 Å². The summed E-state index contributed by atoms with van der Waals surface area (Å²) in [5.41, 5.74) is 1.68. The van der Waals surface area contributed by atoms with E-state index in [9.17, 15) is 9.90 Å². The molecule has 0 radical (unpaired) electrons. The van der Waals surface area contributed by atoms with E-state index < -0.39 is 6.10 Å². The van der Waals surface area contributed by atoms with Gasteiger partial charge in [-0.1, -0.05) is 54.1 Å². The number of nitrogens with zero attached hydrogens (tertiary/aromatic N) is 1. The van der Waals surface area contributed by atoms with Gasteiger partial charge in [0.25, 0.3) is 0 Å². The fourth-order valence-electron chi connectivity index (χ4n) is 3.25. The van der Waals surface area contributed by atoms with E-state index >= 15 is 0 Å². The number of Topliss-reactive ketones (excluding diaryl/α,β-unsaturated/α-hetero) is 1. The standard InChI is InChI=1S/C20H22ClNO2/c21-18-8-6-15(7-9-18)19(23)14-22-12-10-17(11-13-22)20(24)16-4-2-1-3-5-16/h1-9,17,19,23H,10-14H2. The Kier molecular flexibility index (Phi) is 5.67. The lowest BCUT2D eigenvalue weighted by molar-refractivity contribution is 0.0727. The molecule has 1 unspecified atom stereocenters. The van der Waals surface area contributed by atoms with Crippen molar-refractivity contribution in [1.82, 2.24) is 4.90 Å². The van der Waals surface area contributed by atoms with Crippen LogP contribution in [0.15, 0.2) is 54.6 Å². The summed E-state index contributed by atoms with van der Waals surface area (Å²) in [7, 11) is 0. The molecule has 24 heavy (non-hydrogen) atoms. The number of aliphatic hydroxyl groups is 1. The van der Waals surface area contributed by atoms with Crippen LogP contribution in [-0.4, -0.2) is 35.4 Å². The molecule has 1 aliphatic heterocycles. The summed E-state index contributed by atoms with van der Waals surface area (Å²) >= 11 is 5.88. The van der Waals surface area contributed by atoms with Gasteiger partial charge in [0.05, 0.1) is 6.10 Å². The van der Waals surface area contributed by atoms with Crippen LogP contribution in [-0.2, 0) is 0 Å². The average Bonchev–Trinajstić information content (AvgIpc) is 2.63. The van der Waals surface area contributed by atoms with Crippen LogP contribution in [0.2, 0.25) is 5.02 Å². The minimum absolute atomic E-state index is 0.0938. The molecule has 2 aromatic carbocycles. The van der Waals surface area contributed by atoms with Crippen LogP contribution in [0, 0.1) is 5.92 Å². The molecule has 0 aliphatic carbocycles. The van der Waals surface area contributed by atoms with Gasteiger partial charge in [0, 0.05) is 23.0 Å². The summed E-state index contributed by atoms with van der Waals surface area (Å²) in [6.07, 6.45) is 1.17. The van der Waals surface area contributed by atoms with E-state index in [0.29, 0.717) is 11.6 Å². The molecule has 0 amide bonds. The molecule has 1 heterocycles. The molecule has 3 rings (SSSR count). The minimum atomic E-state index is -0.524. The molecule has 0 spiro atoms. The molecule has 0 bridgehead atoms. The first-order valence-corrected chi connectivity index (χ1v) is 8.76. The first kappa shape index (κ1) is 17.2. The van der Waals surface area contributed by atoms with Crippen molar-refractivity contribution in [3.05, 3.63) is 70.7 Å². The number of hydrogen-bond acceptors (Lipinski definition) is 3. The largest absolute Gasteiger partial charge is 0.387 e. The third-order valence-corrected chi connectivity index (χ3v) is 4.95. The molecule has 2 aromatic rings. The lowest BCUT2D eigenvalue weighted by Crippen LogP contribution is -2.38. The molecule has 1 N–H and O–H groups in total. The van der Waals surface area contributed by atoms with E-state index in [1.54, 1.807) is 12.1 Å². The van der Waals surface area contributed by atoms with Crippen molar-refractivity contribution in [1.29, 1.82) is 0 Å². The summed E-state index contributed by atoms with van der Waals surface area (Å²) < 4.78 is 0. The van der Waals surface area contributed by atoms with Crippen LogP contribution in [0.5, 0.6) is 0 Å². The number of rotatable bonds is 5. The Morgan fingerprint density at radius 2 is 1.71 bits per heavy atom. The topological polar surface area (TPSA) is 40.5 Å². The van der Waals surface area contributed by atoms with Crippen LogP contribution >= 0.6 is 11.6 Å². The van der Waals surface area contributed by atoms with Crippen LogP contribution in [0.3, 0.4) is 0 Å². The molecule has 126 valence electrons. The number of benzene rings is 2. The van der Waals surface area contributed by atoms with Crippen molar-refractivity contribution in [3.8, 4) is 0 Å². The molecule has 1 saturated heterocycles. The third-order valence-electron chi connectivity index (χ3n) is 4.70. The number of aliphatic hydroxyl groups excluding tert-OH is 1. The van der Waals surface area contributed by atoms with E-state index in [0.717, 1.165) is 37.1 Å². The summed E-state index contributed by atoms with van der Waals surface area (Å²) in [6.45, 7) is 2.27. The average molecular weight is 344 g/mol. The van der Waals surface area contributed by atoms with Crippen molar-refractivity contribution in [3.63, 3.8) is 0 Å². The highest BCUT2D eigenvalue weighted by atomic mass is 35.5. The molecule has 0 aromatic heterocycles. The Bertz CT molecular complexity index is 664. The van der Waals surface area contributed by atoms with Gasteiger partial charge in [-0.2, -0.15) is 0 Å². The maximum Gasteiger partial charge on any atom is 0.166 e. The Morgan fingerprint density at radius 3 is 2.33 bits per heavy atom. The molecule has 1 aliphatic rings. The Labute approximate surface area is 147 Å². The predicted octanol–water partition coefficient (Wildman–Crippen LogP) is 3.97. The van der Waals surface area contributed by atoms with E-state index in [2.05, 4.69) is 4.90 Å². The van der Waals surface area contributed by atoms with Gasteiger partial charge in [-0.05, 0) is 43.6 Å². The second kappa shape index (κ2) is 7.93. The fourth-order valence-corrected chi connectivity index (χ4v) is 3.38. The molecular formula is C20H22ClNO2. The summed E-state index contributed by atoms with van der Waals surface area (Å²) in [4.78, 5) is 14.7. The zero-order valence-electron chi connectivity index (χ0n) is 13.6. The number of likely N-dealkylation sites (tertiary alicyclic amines) is 1. The van der Waals surface area contributed by atoms with Crippen molar-refractivity contribution < 1.29 is 9.90 Å². The zero-order chi connectivity index (χ0) is 16.9. The third kappa shape index (κ3) is 4.23. The van der Waals surface area contributed by atoms with Gasteiger partial charge in [0.15, 0.2) is 5.78 Å². The highest BCUT2D eigenvalue weighted by Crippen LogP contribution is 2.24. The zero-order valence-corrected chi connectivity index (χ0v) is 14.3. The second-order valence-corrected chi connectivity index (χ2v) is 6.81. The van der Waals surface area contributed by atoms with Crippen LogP contribution in [0.1, 0.15) is 34.9 Å². The van der Waals surface area contributed by atoms with Gasteiger partial charge in [-0.3, -0.25) is 4.79 Å². The molecule has 3 nitrogen and oxygen atoms in total. The summed E-state index contributed by atoms with van der Waals surface area (Å²) in [6, 6.07) is 16.8. The number of halogens is 1. The monoisotopic (exact) mass is 343 g/mol. The maximum absolute atomic E-state index is 12.5. The highest BCUT2D eigenvalue weighted by Gasteiger charge is 2.26. The lowest BCUT2D eigenvalue weighted by atomic mass is 9.88. The van der Waals surface area contributed by atoms with E-state index in [4.69, 9.17) is 11.6 Å². The van der Waals surface area contributed by atoms with Crippen molar-refractivity contribution >= 4 is 17.4 Å². The van der Waals surface area contributed by atoms with E-state index in [1.165, 1.54) is 0 Å². The van der Waals surface area contributed by atoms with Crippen LogP contribution < -0.4 is 0 Å².